The van der Waals surface area contributed by atoms with Crippen molar-refractivity contribution < 1.29 is 4.00 Å². The molecule has 0 aromatic heterocycles. The molecule has 0 amide bonds. The standard InChI is InChI=1S/C3H4N4S/c1-7-3(2-8-7)4-5-6-7/h2H,1H3/q+1. The predicted molar refractivity (Wildman–Crippen MR) is 30.4 cm³/mol. The third-order valence-electron chi connectivity index (χ3n) is 1.15. The van der Waals surface area contributed by atoms with Gasteiger partial charge in [0.2, 0.25) is 0 Å². The summed E-state index contributed by atoms with van der Waals surface area (Å²) in [6.07, 6.45) is 0. The Labute approximate surface area is 51.0 Å². The molecule has 41 valence electrons. The second kappa shape index (κ2) is 1.11. The van der Waals surface area contributed by atoms with E-state index in [4.69, 9.17) is 0 Å². The van der Waals surface area contributed by atoms with E-state index in [9.17, 15) is 0 Å². The second-order valence-corrected chi connectivity index (χ2v) is 2.90. The van der Waals surface area contributed by atoms with E-state index >= 15 is 0 Å². The Morgan fingerprint density at radius 2 is 2.62 bits per heavy atom. The van der Waals surface area contributed by atoms with Crippen molar-refractivity contribution in [2.75, 3.05) is 7.05 Å². The molecule has 0 aromatic rings. The molecule has 5 heteroatoms. The van der Waals surface area contributed by atoms with Gasteiger partial charge >= 0.3 is 0 Å². The Bertz CT molecular complexity index is 186. The Hall–Kier alpha value is -0.420. The van der Waals surface area contributed by atoms with Crippen LogP contribution in [0.25, 0.3) is 0 Å². The molecule has 4 nitrogen and oxygen atoms in total. The fourth-order valence-corrected chi connectivity index (χ4v) is 1.23. The van der Waals surface area contributed by atoms with Crippen molar-refractivity contribution >= 4 is 17.8 Å². The number of nitrogens with zero attached hydrogens (tertiary/aromatic N) is 4. The SMILES string of the molecule is C[N+]12N=NN=C1[CH]S2. The first-order valence-corrected chi connectivity index (χ1v) is 3.04. The molecular formula is C3H4N4S+. The van der Waals surface area contributed by atoms with Gasteiger partial charge in [0, 0.05) is 5.22 Å². The topological polar surface area (TPSA) is 37.1 Å². The lowest BCUT2D eigenvalue weighted by atomic mass is 10.6. The Balaban J connectivity index is 2.41. The molecule has 1 atom stereocenters. The highest BCUT2D eigenvalue weighted by molar-refractivity contribution is 7.99. The van der Waals surface area contributed by atoms with E-state index in [1.807, 2.05) is 12.8 Å². The molecule has 2 rings (SSSR count). The van der Waals surface area contributed by atoms with Gasteiger partial charge in [-0.1, -0.05) is 9.10 Å². The van der Waals surface area contributed by atoms with Gasteiger partial charge in [-0.05, 0) is 0 Å². The summed E-state index contributed by atoms with van der Waals surface area (Å²) in [5, 5.41) is 11.1. The lowest BCUT2D eigenvalue weighted by Gasteiger charge is -2.25. The molecule has 8 heavy (non-hydrogen) atoms. The molecule has 0 spiro atoms. The first kappa shape index (κ1) is 4.46. The highest BCUT2D eigenvalue weighted by Crippen LogP contribution is 2.40. The second-order valence-electron chi connectivity index (χ2n) is 1.74. The van der Waals surface area contributed by atoms with Crippen LogP contribution < -0.4 is 0 Å². The molecule has 1 radical (unpaired) electrons. The van der Waals surface area contributed by atoms with E-state index in [1.165, 1.54) is 0 Å². The maximum Gasteiger partial charge on any atom is 0.284 e. The summed E-state index contributed by atoms with van der Waals surface area (Å²) in [6, 6.07) is 0. The van der Waals surface area contributed by atoms with Crippen LogP contribution in [0.1, 0.15) is 0 Å². The normalized spacial score (nSPS) is 40.9. The number of amidine groups is 1. The molecule has 0 N–H and O–H groups in total. The molecule has 2 aliphatic heterocycles. The number of rotatable bonds is 0. The van der Waals surface area contributed by atoms with E-state index in [1.54, 1.807) is 11.9 Å². The summed E-state index contributed by atoms with van der Waals surface area (Å²) >= 11 is 1.60. The molecule has 0 aliphatic carbocycles. The van der Waals surface area contributed by atoms with Crippen molar-refractivity contribution in [2.45, 2.75) is 0 Å². The van der Waals surface area contributed by atoms with Gasteiger partial charge in [-0.2, -0.15) is 0 Å². The predicted octanol–water partition coefficient (Wildman–Crippen LogP) is 0.951. The summed E-state index contributed by atoms with van der Waals surface area (Å²) in [4.78, 5) is 0. The highest BCUT2D eigenvalue weighted by Gasteiger charge is 2.48. The van der Waals surface area contributed by atoms with Crippen molar-refractivity contribution in [2.24, 2.45) is 15.5 Å². The van der Waals surface area contributed by atoms with Crippen molar-refractivity contribution in [1.29, 1.82) is 0 Å². The molecule has 2 heterocycles. The van der Waals surface area contributed by atoms with E-state index in [0.29, 0.717) is 4.00 Å². The highest BCUT2D eigenvalue weighted by atomic mass is 32.2. The zero-order valence-corrected chi connectivity index (χ0v) is 5.09. The minimum Gasteiger partial charge on any atom is -0.0720 e. The van der Waals surface area contributed by atoms with Gasteiger partial charge in [-0.25, -0.2) is 0 Å². The molecule has 0 aromatic carbocycles. The van der Waals surface area contributed by atoms with E-state index in [2.05, 4.69) is 15.5 Å². The third-order valence-corrected chi connectivity index (χ3v) is 2.13. The molecule has 1 saturated heterocycles. The minimum atomic E-state index is 0.486. The lowest BCUT2D eigenvalue weighted by Crippen LogP contribution is -2.43. The summed E-state index contributed by atoms with van der Waals surface area (Å²) in [6.45, 7) is 0. The first-order valence-electron chi connectivity index (χ1n) is 2.20. The van der Waals surface area contributed by atoms with Gasteiger partial charge in [-0.15, -0.1) is 0 Å². The van der Waals surface area contributed by atoms with Crippen LogP contribution in [-0.4, -0.2) is 16.9 Å². The van der Waals surface area contributed by atoms with E-state index in [-0.39, 0.29) is 0 Å². The van der Waals surface area contributed by atoms with Crippen LogP contribution in [0.15, 0.2) is 15.5 Å². The summed E-state index contributed by atoms with van der Waals surface area (Å²) in [7, 11) is 1.94. The van der Waals surface area contributed by atoms with Crippen molar-refractivity contribution in [3.63, 3.8) is 0 Å². The summed E-state index contributed by atoms with van der Waals surface area (Å²) in [5.41, 5.74) is 0. The van der Waals surface area contributed by atoms with Crippen molar-refractivity contribution in [3.05, 3.63) is 5.75 Å². The zero-order valence-electron chi connectivity index (χ0n) is 4.27. The molecular weight excluding hydrogens is 124 g/mol. The van der Waals surface area contributed by atoms with Crippen molar-refractivity contribution in [1.82, 2.24) is 0 Å². The van der Waals surface area contributed by atoms with Gasteiger partial charge in [0.05, 0.1) is 5.22 Å². The van der Waals surface area contributed by atoms with Gasteiger partial charge < -0.3 is 0 Å². The molecule has 0 saturated carbocycles. The molecule has 1 unspecified atom stereocenters. The largest absolute Gasteiger partial charge is 0.284 e. The average Bonchev–Trinajstić information content (AvgIpc) is 1.94. The van der Waals surface area contributed by atoms with E-state index in [0.717, 1.165) is 5.84 Å². The van der Waals surface area contributed by atoms with Crippen molar-refractivity contribution in [3.8, 4) is 0 Å². The van der Waals surface area contributed by atoms with Crippen LogP contribution in [0.3, 0.4) is 0 Å². The number of quaternary nitrogens is 1. The Kier molecular flexibility index (Phi) is 0.619. The fourth-order valence-electron chi connectivity index (χ4n) is 0.568. The lowest BCUT2D eigenvalue weighted by molar-refractivity contribution is -0.689. The maximum atomic E-state index is 3.83. The van der Waals surface area contributed by atoms with Crippen LogP contribution in [0.2, 0.25) is 0 Å². The molecule has 1 fully saturated rings. The molecule has 2 aliphatic rings. The van der Waals surface area contributed by atoms with E-state index < -0.39 is 0 Å². The average molecular weight is 128 g/mol. The number of fused-ring (bicyclic) bond motifs is 1. The number of hydrogen-bond acceptors (Lipinski definition) is 4. The van der Waals surface area contributed by atoms with Crippen LogP contribution in [0, 0.1) is 5.75 Å². The van der Waals surface area contributed by atoms with Crippen LogP contribution in [-0.2, 0) is 0 Å². The zero-order chi connectivity index (χ0) is 5.61. The van der Waals surface area contributed by atoms with Crippen LogP contribution >= 0.6 is 11.9 Å². The summed E-state index contributed by atoms with van der Waals surface area (Å²) < 4.78 is 0.486. The van der Waals surface area contributed by atoms with Gasteiger partial charge in [0.1, 0.15) is 19.0 Å². The smallest absolute Gasteiger partial charge is 0.0720 e. The van der Waals surface area contributed by atoms with Crippen LogP contribution in [0.4, 0.5) is 0 Å². The van der Waals surface area contributed by atoms with Gasteiger partial charge in [-0.3, -0.25) is 0 Å². The maximum absolute atomic E-state index is 3.83. The van der Waals surface area contributed by atoms with Gasteiger partial charge in [0.15, 0.2) is 5.75 Å². The Morgan fingerprint density at radius 3 is 2.88 bits per heavy atom. The Morgan fingerprint density at radius 1 is 1.75 bits per heavy atom. The third kappa shape index (κ3) is 0.339. The minimum absolute atomic E-state index is 0.486. The van der Waals surface area contributed by atoms with Gasteiger partial charge in [0.25, 0.3) is 5.84 Å². The quantitative estimate of drug-likeness (QED) is 0.353. The number of hydrogen-bond donors (Lipinski definition) is 0. The molecule has 0 bridgehead atoms. The van der Waals surface area contributed by atoms with Crippen LogP contribution in [0.5, 0.6) is 0 Å². The first-order chi connectivity index (χ1) is 3.81. The fraction of sp³-hybridized carbons (Fsp3) is 0.333. The summed E-state index contributed by atoms with van der Waals surface area (Å²) in [5.74, 6) is 2.88. The monoisotopic (exact) mass is 128 g/mol.